The van der Waals surface area contributed by atoms with Crippen LogP contribution < -0.4 is 29.6 Å². The minimum atomic E-state index is -1.98. The van der Waals surface area contributed by atoms with Crippen molar-refractivity contribution in [3.63, 3.8) is 0 Å². The SMILES string of the molecule is O=S([O-])CCCO.[Na+]. The smallest absolute Gasteiger partial charge is 0.772 e. The first kappa shape index (κ1) is 11.8. The molecule has 0 aromatic carbocycles. The van der Waals surface area contributed by atoms with Crippen molar-refractivity contribution in [1.82, 2.24) is 0 Å². The number of hydrogen-bond acceptors (Lipinski definition) is 3. The van der Waals surface area contributed by atoms with E-state index in [2.05, 4.69) is 0 Å². The number of rotatable bonds is 3. The summed E-state index contributed by atoms with van der Waals surface area (Å²) in [5.41, 5.74) is 0. The summed E-state index contributed by atoms with van der Waals surface area (Å²) in [4.78, 5) is 0. The number of hydrogen-bond donors (Lipinski definition) is 1. The maximum atomic E-state index is 9.65. The molecule has 0 radical (unpaired) electrons. The van der Waals surface area contributed by atoms with Crippen molar-refractivity contribution in [2.24, 2.45) is 0 Å². The van der Waals surface area contributed by atoms with Crippen LogP contribution in [0.4, 0.5) is 0 Å². The minimum absolute atomic E-state index is 0. The van der Waals surface area contributed by atoms with Gasteiger partial charge in [0.1, 0.15) is 0 Å². The Morgan fingerprint density at radius 1 is 1.62 bits per heavy atom. The number of aliphatic hydroxyl groups is 1. The van der Waals surface area contributed by atoms with Crippen LogP contribution in [-0.4, -0.2) is 26.2 Å². The van der Waals surface area contributed by atoms with Crippen molar-refractivity contribution in [2.45, 2.75) is 6.42 Å². The monoisotopic (exact) mass is 146 g/mol. The van der Waals surface area contributed by atoms with Crippen molar-refractivity contribution in [2.75, 3.05) is 12.4 Å². The van der Waals surface area contributed by atoms with Crippen molar-refractivity contribution >= 4 is 11.1 Å². The average molecular weight is 146 g/mol. The molecule has 0 heterocycles. The van der Waals surface area contributed by atoms with Crippen molar-refractivity contribution in [3.8, 4) is 0 Å². The van der Waals surface area contributed by atoms with Gasteiger partial charge in [0.05, 0.1) is 0 Å². The van der Waals surface area contributed by atoms with E-state index in [1.807, 2.05) is 0 Å². The quantitative estimate of drug-likeness (QED) is 0.329. The number of aliphatic hydroxyl groups excluding tert-OH is 1. The summed E-state index contributed by atoms with van der Waals surface area (Å²) in [7, 11) is 0. The normalized spacial score (nSPS) is 12.2. The van der Waals surface area contributed by atoms with Gasteiger partial charge < -0.3 is 9.66 Å². The molecule has 0 aliphatic heterocycles. The van der Waals surface area contributed by atoms with Crippen LogP contribution in [0, 0.1) is 0 Å². The van der Waals surface area contributed by atoms with E-state index in [1.54, 1.807) is 0 Å². The third-order valence-electron chi connectivity index (χ3n) is 0.469. The third-order valence-corrected chi connectivity index (χ3v) is 1.09. The van der Waals surface area contributed by atoms with E-state index in [4.69, 9.17) is 5.11 Å². The Morgan fingerprint density at radius 2 is 2.12 bits per heavy atom. The fourth-order valence-corrected chi connectivity index (χ4v) is 0.547. The zero-order valence-electron chi connectivity index (χ0n) is 4.79. The van der Waals surface area contributed by atoms with Gasteiger partial charge in [-0.25, -0.2) is 0 Å². The van der Waals surface area contributed by atoms with E-state index >= 15 is 0 Å². The zero-order valence-corrected chi connectivity index (χ0v) is 7.61. The molecule has 0 aromatic rings. The van der Waals surface area contributed by atoms with E-state index in [0.717, 1.165) is 0 Å². The van der Waals surface area contributed by atoms with Gasteiger partial charge in [-0.15, -0.1) is 0 Å². The molecule has 0 saturated carbocycles. The van der Waals surface area contributed by atoms with E-state index < -0.39 is 11.1 Å². The fraction of sp³-hybridized carbons (Fsp3) is 1.00. The Kier molecular flexibility index (Phi) is 11.9. The maximum Gasteiger partial charge on any atom is 1.00 e. The predicted octanol–water partition coefficient (Wildman–Crippen LogP) is -3.75. The molecule has 8 heavy (non-hydrogen) atoms. The first-order valence-electron chi connectivity index (χ1n) is 1.94. The molecule has 44 valence electrons. The van der Waals surface area contributed by atoms with E-state index in [-0.39, 0.29) is 41.9 Å². The molecule has 0 saturated heterocycles. The van der Waals surface area contributed by atoms with Crippen LogP contribution in [0.2, 0.25) is 0 Å². The molecule has 0 fully saturated rings. The van der Waals surface area contributed by atoms with Gasteiger partial charge in [-0.05, 0) is 6.42 Å². The summed E-state index contributed by atoms with van der Waals surface area (Å²) >= 11 is -1.98. The Labute approximate surface area is 73.1 Å². The van der Waals surface area contributed by atoms with Gasteiger partial charge in [0.15, 0.2) is 0 Å². The molecular formula is C3H7NaO3S. The van der Waals surface area contributed by atoms with Gasteiger partial charge in [0, 0.05) is 12.4 Å². The summed E-state index contributed by atoms with van der Waals surface area (Å²) in [5, 5.41) is 8.04. The molecule has 0 spiro atoms. The average Bonchev–Trinajstić information content (AvgIpc) is 1.61. The van der Waals surface area contributed by atoms with E-state index in [0.29, 0.717) is 6.42 Å². The van der Waals surface area contributed by atoms with Crippen molar-refractivity contribution in [1.29, 1.82) is 0 Å². The predicted molar refractivity (Wildman–Crippen MR) is 25.5 cm³/mol. The Balaban J connectivity index is 0. The largest absolute Gasteiger partial charge is 1.00 e. The van der Waals surface area contributed by atoms with Crippen LogP contribution in [0.25, 0.3) is 0 Å². The van der Waals surface area contributed by atoms with E-state index in [1.165, 1.54) is 0 Å². The Hall–Kier alpha value is 1.07. The van der Waals surface area contributed by atoms with Gasteiger partial charge in [0.2, 0.25) is 0 Å². The molecule has 1 N–H and O–H groups in total. The first-order valence-corrected chi connectivity index (χ1v) is 3.18. The van der Waals surface area contributed by atoms with Gasteiger partial charge in [-0.1, -0.05) is 11.1 Å². The Bertz CT molecular complexity index is 67.5. The van der Waals surface area contributed by atoms with Crippen LogP contribution >= 0.6 is 0 Å². The first-order chi connectivity index (χ1) is 3.27. The summed E-state index contributed by atoms with van der Waals surface area (Å²) < 4.78 is 19.3. The summed E-state index contributed by atoms with van der Waals surface area (Å²) in [5.74, 6) is 0.0660. The molecular weight excluding hydrogens is 139 g/mol. The summed E-state index contributed by atoms with van der Waals surface area (Å²) in [6, 6.07) is 0. The molecule has 1 atom stereocenters. The molecule has 3 nitrogen and oxygen atoms in total. The van der Waals surface area contributed by atoms with Crippen LogP contribution in [-0.2, 0) is 11.1 Å². The second kappa shape index (κ2) is 8.07. The van der Waals surface area contributed by atoms with E-state index in [9.17, 15) is 8.76 Å². The van der Waals surface area contributed by atoms with Crippen LogP contribution in [0.1, 0.15) is 6.42 Å². The molecule has 0 aliphatic rings. The molecule has 0 rings (SSSR count). The van der Waals surface area contributed by atoms with Crippen LogP contribution in [0.15, 0.2) is 0 Å². The van der Waals surface area contributed by atoms with Gasteiger partial charge >= 0.3 is 29.6 Å². The Morgan fingerprint density at radius 3 is 2.25 bits per heavy atom. The second-order valence-corrected chi connectivity index (χ2v) is 2.10. The topological polar surface area (TPSA) is 60.4 Å². The van der Waals surface area contributed by atoms with Gasteiger partial charge in [-0.2, -0.15) is 0 Å². The van der Waals surface area contributed by atoms with Gasteiger partial charge in [-0.3, -0.25) is 4.21 Å². The van der Waals surface area contributed by atoms with Crippen molar-refractivity contribution < 1.29 is 43.4 Å². The molecule has 1 unspecified atom stereocenters. The summed E-state index contributed by atoms with van der Waals surface area (Å²) in [6.07, 6.45) is 0.343. The van der Waals surface area contributed by atoms with Gasteiger partial charge in [0.25, 0.3) is 0 Å². The van der Waals surface area contributed by atoms with Crippen LogP contribution in [0.3, 0.4) is 0 Å². The molecule has 0 amide bonds. The fourth-order valence-electron chi connectivity index (χ4n) is 0.182. The molecule has 5 heteroatoms. The molecule has 0 aliphatic carbocycles. The minimum Gasteiger partial charge on any atom is -0.772 e. The van der Waals surface area contributed by atoms with Crippen LogP contribution in [0.5, 0.6) is 0 Å². The second-order valence-electron chi connectivity index (χ2n) is 1.09. The zero-order chi connectivity index (χ0) is 5.70. The summed E-state index contributed by atoms with van der Waals surface area (Å²) in [6.45, 7) is -0.0476. The molecule has 0 aromatic heterocycles. The van der Waals surface area contributed by atoms with Crippen molar-refractivity contribution in [3.05, 3.63) is 0 Å². The third kappa shape index (κ3) is 10.1. The molecule has 0 bridgehead atoms. The maximum absolute atomic E-state index is 9.65. The standard InChI is InChI=1S/C3H8O3S.Na/c4-2-1-3-7(5)6;/h4H,1-3H2,(H,5,6);/q;+1/p-1.